The third-order valence-corrected chi connectivity index (χ3v) is 5.77. The maximum absolute atomic E-state index is 13.0. The Balaban J connectivity index is 1.36. The molecule has 2 saturated carbocycles. The van der Waals surface area contributed by atoms with Gasteiger partial charge in [0.2, 0.25) is 0 Å². The molecule has 2 aliphatic carbocycles. The van der Waals surface area contributed by atoms with Crippen LogP contribution < -0.4 is 4.74 Å². The van der Waals surface area contributed by atoms with Crippen LogP contribution in [0.15, 0.2) is 48.5 Å². The average molecular weight is 352 g/mol. The van der Waals surface area contributed by atoms with Crippen molar-refractivity contribution in [2.75, 3.05) is 0 Å². The van der Waals surface area contributed by atoms with Gasteiger partial charge in [-0.15, -0.1) is 0 Å². The first-order valence-electron chi connectivity index (χ1n) is 9.19. The van der Waals surface area contributed by atoms with Crippen LogP contribution in [0, 0.1) is 23.6 Å². The fourth-order valence-corrected chi connectivity index (χ4v) is 4.46. The van der Waals surface area contributed by atoms with Gasteiger partial charge in [-0.05, 0) is 85.5 Å². The van der Waals surface area contributed by atoms with E-state index in [1.54, 1.807) is 24.3 Å². The second kappa shape index (κ2) is 7.02. The first-order valence-corrected chi connectivity index (χ1v) is 9.19. The Morgan fingerprint density at radius 3 is 2.15 bits per heavy atom. The Labute approximate surface area is 152 Å². The molecule has 0 saturated heterocycles. The third kappa shape index (κ3) is 3.55. The van der Waals surface area contributed by atoms with E-state index in [0.29, 0.717) is 35.1 Å². The van der Waals surface area contributed by atoms with Crippen LogP contribution in [0.5, 0.6) is 5.75 Å². The number of ketones is 1. The Hall–Kier alpha value is -2.49. The Kier molecular flexibility index (Phi) is 4.58. The summed E-state index contributed by atoms with van der Waals surface area (Å²) < 4.78 is 18.4. The summed E-state index contributed by atoms with van der Waals surface area (Å²) in [5.41, 5.74) is 0.900. The van der Waals surface area contributed by atoms with Crippen LogP contribution in [-0.2, 0) is 4.79 Å². The molecule has 0 radical (unpaired) electrons. The van der Waals surface area contributed by atoms with Crippen LogP contribution in [0.1, 0.15) is 48.0 Å². The number of carbonyl (C=O) groups excluding carboxylic acids is 2. The number of ether oxygens (including phenoxy) is 1. The minimum absolute atomic E-state index is 0.190. The molecule has 2 fully saturated rings. The van der Waals surface area contributed by atoms with Crippen molar-refractivity contribution in [3.63, 3.8) is 0 Å². The van der Waals surface area contributed by atoms with Gasteiger partial charge in [0.05, 0.1) is 0 Å². The summed E-state index contributed by atoms with van der Waals surface area (Å²) in [4.78, 5) is 24.6. The Bertz CT molecular complexity index is 810. The van der Waals surface area contributed by atoms with Gasteiger partial charge in [0, 0.05) is 17.5 Å². The lowest BCUT2D eigenvalue weighted by Crippen LogP contribution is -2.18. The summed E-state index contributed by atoms with van der Waals surface area (Å²) in [7, 11) is 0. The van der Waals surface area contributed by atoms with Crippen LogP contribution >= 0.6 is 0 Å². The fourth-order valence-electron chi connectivity index (χ4n) is 4.46. The summed E-state index contributed by atoms with van der Waals surface area (Å²) in [6, 6.07) is 12.0. The molecule has 3 atom stereocenters. The van der Waals surface area contributed by atoms with Crippen LogP contribution in [0.4, 0.5) is 4.39 Å². The van der Waals surface area contributed by atoms with Gasteiger partial charge < -0.3 is 4.74 Å². The van der Waals surface area contributed by atoms with Gasteiger partial charge in [-0.3, -0.25) is 9.59 Å². The number of rotatable bonds is 5. The van der Waals surface area contributed by atoms with Gasteiger partial charge in [-0.2, -0.15) is 0 Å². The van der Waals surface area contributed by atoms with Crippen molar-refractivity contribution in [2.45, 2.75) is 32.1 Å². The highest BCUT2D eigenvalue weighted by Crippen LogP contribution is 2.49. The van der Waals surface area contributed by atoms with Gasteiger partial charge >= 0.3 is 5.97 Å². The molecular formula is C22H21FO3. The van der Waals surface area contributed by atoms with Crippen molar-refractivity contribution in [3.8, 4) is 5.75 Å². The summed E-state index contributed by atoms with van der Waals surface area (Å²) in [6.45, 7) is 0. The molecule has 3 nitrogen and oxygen atoms in total. The highest BCUT2D eigenvalue weighted by atomic mass is 19.1. The smallest absolute Gasteiger partial charge is 0.311 e. The van der Waals surface area contributed by atoms with Crippen molar-refractivity contribution in [2.24, 2.45) is 17.8 Å². The molecule has 0 amide bonds. The van der Waals surface area contributed by atoms with Gasteiger partial charge in [-0.25, -0.2) is 4.39 Å². The van der Waals surface area contributed by atoms with E-state index >= 15 is 0 Å². The minimum Gasteiger partial charge on any atom is -0.427 e. The van der Waals surface area contributed by atoms with E-state index in [1.807, 2.05) is 0 Å². The van der Waals surface area contributed by atoms with E-state index in [0.717, 1.165) is 12.3 Å². The quantitative estimate of drug-likeness (QED) is 0.441. The van der Waals surface area contributed by atoms with Crippen molar-refractivity contribution < 1.29 is 18.7 Å². The summed E-state index contributed by atoms with van der Waals surface area (Å²) in [5.74, 6) is 1.68. The van der Waals surface area contributed by atoms with Crippen LogP contribution in [0.2, 0.25) is 0 Å². The van der Waals surface area contributed by atoms with E-state index < -0.39 is 0 Å². The normalized spacial score (nSPS) is 23.8. The molecule has 0 spiro atoms. The van der Waals surface area contributed by atoms with Crippen LogP contribution in [0.3, 0.4) is 0 Å². The lowest BCUT2D eigenvalue weighted by atomic mass is 9.86. The molecule has 4 rings (SSSR count). The third-order valence-electron chi connectivity index (χ3n) is 5.77. The first-order chi connectivity index (χ1) is 12.6. The van der Waals surface area contributed by atoms with Crippen molar-refractivity contribution in [1.82, 2.24) is 0 Å². The van der Waals surface area contributed by atoms with E-state index in [2.05, 4.69) is 0 Å². The van der Waals surface area contributed by atoms with Crippen LogP contribution in [0.25, 0.3) is 0 Å². The average Bonchev–Trinajstić information content (AvgIpc) is 3.25. The largest absolute Gasteiger partial charge is 0.427 e. The zero-order valence-corrected chi connectivity index (χ0v) is 14.5. The summed E-state index contributed by atoms with van der Waals surface area (Å²) in [6.07, 6.45) is 5.49. The van der Waals surface area contributed by atoms with Crippen LogP contribution in [-0.4, -0.2) is 11.8 Å². The molecule has 2 aromatic carbocycles. The highest BCUT2D eigenvalue weighted by molar-refractivity contribution is 6.09. The molecule has 4 heteroatoms. The maximum atomic E-state index is 13.0. The predicted octanol–water partition coefficient (Wildman–Crippen LogP) is 4.79. The molecular weight excluding hydrogens is 331 g/mol. The van der Waals surface area contributed by atoms with E-state index in [9.17, 15) is 14.0 Å². The maximum Gasteiger partial charge on any atom is 0.311 e. The zero-order chi connectivity index (χ0) is 18.1. The molecule has 134 valence electrons. The molecule has 0 N–H and O–H groups in total. The lowest BCUT2D eigenvalue weighted by molar-refractivity contribution is -0.135. The highest BCUT2D eigenvalue weighted by Gasteiger charge is 2.40. The minimum atomic E-state index is -0.376. The molecule has 0 unspecified atom stereocenters. The van der Waals surface area contributed by atoms with E-state index in [4.69, 9.17) is 4.74 Å². The lowest BCUT2D eigenvalue weighted by Gasteiger charge is -2.20. The van der Waals surface area contributed by atoms with Gasteiger partial charge in [0.1, 0.15) is 11.6 Å². The van der Waals surface area contributed by atoms with Crippen molar-refractivity contribution in [3.05, 3.63) is 65.5 Å². The fraction of sp³-hybridized carbons (Fsp3) is 0.364. The van der Waals surface area contributed by atoms with Crippen molar-refractivity contribution in [1.29, 1.82) is 0 Å². The molecule has 2 aliphatic rings. The molecule has 2 aromatic rings. The number of hydrogen-bond donors (Lipinski definition) is 0. The second-order valence-electron chi connectivity index (χ2n) is 7.47. The number of halogens is 1. The standard InChI is InChI=1S/C22H21FO3/c23-19-7-3-15(4-8-19)22(25)16-5-9-20(10-6-16)26-21(24)13-18-12-14-1-2-17(18)11-14/h3-10,14,17-18H,1-2,11-13H2/t14-,17-,18-/m1/s1. The molecule has 2 bridgehead atoms. The SMILES string of the molecule is O=C(C[C@H]1C[C@@H]2CC[C@@H]1C2)Oc1ccc(C(=O)c2ccc(F)cc2)cc1. The first kappa shape index (κ1) is 17.0. The van der Waals surface area contributed by atoms with Gasteiger partial charge in [0.25, 0.3) is 0 Å². The second-order valence-corrected chi connectivity index (χ2v) is 7.47. The molecule has 0 aromatic heterocycles. The summed E-state index contributed by atoms with van der Waals surface area (Å²) in [5, 5.41) is 0. The summed E-state index contributed by atoms with van der Waals surface area (Å²) >= 11 is 0. The number of benzene rings is 2. The number of fused-ring (bicyclic) bond motifs is 2. The monoisotopic (exact) mass is 352 g/mol. The van der Waals surface area contributed by atoms with E-state index in [1.165, 1.54) is 43.5 Å². The van der Waals surface area contributed by atoms with Gasteiger partial charge in [0.15, 0.2) is 5.78 Å². The number of esters is 1. The van der Waals surface area contributed by atoms with Crippen molar-refractivity contribution >= 4 is 11.8 Å². The van der Waals surface area contributed by atoms with Gasteiger partial charge in [-0.1, -0.05) is 6.42 Å². The molecule has 0 heterocycles. The topological polar surface area (TPSA) is 43.4 Å². The number of carbonyl (C=O) groups is 2. The zero-order valence-electron chi connectivity index (χ0n) is 14.5. The Morgan fingerprint density at radius 2 is 1.58 bits per heavy atom. The molecule has 26 heavy (non-hydrogen) atoms. The molecule has 0 aliphatic heterocycles. The van der Waals surface area contributed by atoms with E-state index in [-0.39, 0.29) is 17.6 Å². The number of hydrogen-bond acceptors (Lipinski definition) is 3. The predicted molar refractivity (Wildman–Crippen MR) is 95.5 cm³/mol. The Morgan fingerprint density at radius 1 is 0.923 bits per heavy atom.